The maximum atomic E-state index is 6.42. The molecule has 1 aliphatic rings. The second-order valence-corrected chi connectivity index (χ2v) is 11.0. The Labute approximate surface area is 213 Å². The summed E-state index contributed by atoms with van der Waals surface area (Å²) in [5.74, 6) is 0. The SMILES string of the molecule is C=CC(=CC1=C(C)N(COC(C)(C)COCCOC)C(C)(C)C(=CC(=CC)N(C)C)S1)N(C)C. The average molecular weight is 494 g/mol. The van der Waals surface area contributed by atoms with E-state index in [0.717, 1.165) is 5.70 Å². The van der Waals surface area contributed by atoms with Gasteiger partial charge in [-0.05, 0) is 59.8 Å². The first kappa shape index (κ1) is 30.4. The summed E-state index contributed by atoms with van der Waals surface area (Å²) in [7, 11) is 9.90. The van der Waals surface area contributed by atoms with Crippen molar-refractivity contribution in [1.29, 1.82) is 0 Å². The minimum atomic E-state index is -0.428. The summed E-state index contributed by atoms with van der Waals surface area (Å²) in [4.78, 5) is 9.00. The summed E-state index contributed by atoms with van der Waals surface area (Å²) < 4.78 is 17.3. The van der Waals surface area contributed by atoms with Crippen LogP contribution in [0.2, 0.25) is 0 Å². The zero-order valence-electron chi connectivity index (χ0n) is 23.3. The quantitative estimate of drug-likeness (QED) is 0.250. The zero-order chi connectivity index (χ0) is 26.1. The van der Waals surface area contributed by atoms with Crippen molar-refractivity contribution in [3.05, 3.63) is 57.8 Å². The molecule has 1 heterocycles. The highest BCUT2D eigenvalue weighted by Gasteiger charge is 2.38. The summed E-state index contributed by atoms with van der Waals surface area (Å²) in [6.07, 6.45) is 8.51. The molecule has 0 aromatic rings. The molecule has 0 spiro atoms. The monoisotopic (exact) mass is 493 g/mol. The molecule has 7 heteroatoms. The Kier molecular flexibility index (Phi) is 12.0. The van der Waals surface area contributed by atoms with E-state index in [1.807, 2.05) is 31.9 Å². The van der Waals surface area contributed by atoms with Crippen molar-refractivity contribution in [3.63, 3.8) is 0 Å². The van der Waals surface area contributed by atoms with Crippen molar-refractivity contribution >= 4 is 11.8 Å². The van der Waals surface area contributed by atoms with E-state index >= 15 is 0 Å². The van der Waals surface area contributed by atoms with Gasteiger partial charge < -0.3 is 28.9 Å². The Balaban J connectivity index is 3.39. The Bertz CT molecular complexity index is 808. The van der Waals surface area contributed by atoms with E-state index in [2.05, 4.69) is 95.1 Å². The van der Waals surface area contributed by atoms with Crippen LogP contribution >= 0.6 is 11.8 Å². The van der Waals surface area contributed by atoms with Crippen molar-refractivity contribution in [3.8, 4) is 0 Å². The predicted octanol–water partition coefficient (Wildman–Crippen LogP) is 5.44. The minimum Gasteiger partial charge on any atom is -0.382 e. The number of thioether (sulfide) groups is 1. The Morgan fingerprint density at radius 1 is 1.12 bits per heavy atom. The van der Waals surface area contributed by atoms with E-state index in [1.165, 1.54) is 21.2 Å². The zero-order valence-corrected chi connectivity index (χ0v) is 24.1. The first-order chi connectivity index (χ1) is 15.8. The number of ether oxygens (including phenoxy) is 3. The van der Waals surface area contributed by atoms with Crippen LogP contribution in [0.1, 0.15) is 41.5 Å². The van der Waals surface area contributed by atoms with Gasteiger partial charge >= 0.3 is 0 Å². The number of allylic oxidation sites excluding steroid dienone is 5. The van der Waals surface area contributed by atoms with Gasteiger partial charge in [0.2, 0.25) is 0 Å². The van der Waals surface area contributed by atoms with Crippen LogP contribution in [0, 0.1) is 0 Å². The molecule has 0 fully saturated rings. The molecule has 0 atom stereocenters. The van der Waals surface area contributed by atoms with Crippen molar-refractivity contribution in [2.24, 2.45) is 0 Å². The van der Waals surface area contributed by atoms with E-state index in [-0.39, 0.29) is 5.54 Å². The molecule has 0 bridgehead atoms. The van der Waals surface area contributed by atoms with Crippen LogP contribution < -0.4 is 0 Å². The van der Waals surface area contributed by atoms with Crippen LogP contribution in [0.4, 0.5) is 0 Å². The predicted molar refractivity (Wildman–Crippen MR) is 146 cm³/mol. The first-order valence-corrected chi connectivity index (χ1v) is 12.6. The van der Waals surface area contributed by atoms with Gasteiger partial charge in [0.15, 0.2) is 0 Å². The van der Waals surface area contributed by atoms with Crippen LogP contribution in [0.5, 0.6) is 0 Å². The molecule has 0 aromatic carbocycles. The normalized spacial score (nSPS) is 18.6. The van der Waals surface area contributed by atoms with Gasteiger partial charge in [-0.25, -0.2) is 0 Å². The Morgan fingerprint density at radius 3 is 2.24 bits per heavy atom. The Hall–Kier alpha value is -1.67. The van der Waals surface area contributed by atoms with Crippen molar-refractivity contribution < 1.29 is 14.2 Å². The summed E-state index contributed by atoms with van der Waals surface area (Å²) in [5.41, 5.74) is 2.73. The second-order valence-electron chi connectivity index (χ2n) is 9.90. The van der Waals surface area contributed by atoms with E-state index in [0.29, 0.717) is 26.6 Å². The molecule has 0 unspecified atom stereocenters. The molecule has 6 nitrogen and oxygen atoms in total. The van der Waals surface area contributed by atoms with Crippen LogP contribution in [0.3, 0.4) is 0 Å². The highest BCUT2D eigenvalue weighted by molar-refractivity contribution is 8.07. The molecule has 194 valence electrons. The Morgan fingerprint density at radius 2 is 1.74 bits per heavy atom. The highest BCUT2D eigenvalue weighted by atomic mass is 32.2. The first-order valence-electron chi connectivity index (χ1n) is 11.7. The lowest BCUT2D eigenvalue weighted by Crippen LogP contribution is -2.49. The van der Waals surface area contributed by atoms with Gasteiger partial charge in [-0.3, -0.25) is 0 Å². The number of rotatable bonds is 13. The lowest BCUT2D eigenvalue weighted by atomic mass is 9.99. The lowest BCUT2D eigenvalue weighted by molar-refractivity contribution is -0.118. The van der Waals surface area contributed by atoms with Crippen LogP contribution in [-0.2, 0) is 14.2 Å². The van der Waals surface area contributed by atoms with E-state index in [1.54, 1.807) is 7.11 Å². The number of hydrogen-bond donors (Lipinski definition) is 0. The third-order valence-electron chi connectivity index (χ3n) is 5.82. The number of hydrogen-bond acceptors (Lipinski definition) is 7. The summed E-state index contributed by atoms with van der Waals surface area (Å²) in [5, 5.41) is 0. The highest BCUT2D eigenvalue weighted by Crippen LogP contribution is 2.47. The second kappa shape index (κ2) is 13.4. The van der Waals surface area contributed by atoms with Crippen molar-refractivity contribution in [2.75, 3.05) is 61.9 Å². The van der Waals surface area contributed by atoms with Gasteiger partial charge in [-0.2, -0.15) is 0 Å². The van der Waals surface area contributed by atoms with Gasteiger partial charge in [0.1, 0.15) is 6.73 Å². The van der Waals surface area contributed by atoms with Gasteiger partial charge in [-0.1, -0.05) is 24.4 Å². The minimum absolute atomic E-state index is 0.254. The van der Waals surface area contributed by atoms with Gasteiger partial charge in [0.05, 0.1) is 31.0 Å². The molecule has 0 saturated heterocycles. The van der Waals surface area contributed by atoms with Crippen molar-refractivity contribution in [2.45, 2.75) is 52.7 Å². The summed E-state index contributed by atoms with van der Waals surface area (Å²) in [6, 6.07) is 0. The smallest absolute Gasteiger partial charge is 0.120 e. The number of nitrogens with zero attached hydrogens (tertiary/aromatic N) is 3. The molecule has 0 saturated carbocycles. The maximum absolute atomic E-state index is 6.42. The maximum Gasteiger partial charge on any atom is 0.120 e. The average Bonchev–Trinajstić information content (AvgIpc) is 2.74. The van der Waals surface area contributed by atoms with Gasteiger partial charge in [-0.15, -0.1) is 0 Å². The van der Waals surface area contributed by atoms with E-state index in [4.69, 9.17) is 14.2 Å². The van der Waals surface area contributed by atoms with Crippen LogP contribution in [0.15, 0.2) is 57.8 Å². The van der Waals surface area contributed by atoms with E-state index < -0.39 is 5.60 Å². The van der Waals surface area contributed by atoms with Crippen LogP contribution in [0.25, 0.3) is 0 Å². The standard InChI is InChI=1S/C27H47N3O3S/c1-13-22(28(8)9)17-24-21(3)30(20-33-26(4,5)19-32-16-15-31-12)27(6,7)25(34-24)18-23(14-2)29(10)11/h13-14,17-18H,1,15-16,19-20H2,2-12H3. The molecule has 1 rings (SSSR count). The third-order valence-corrected chi connectivity index (χ3v) is 7.29. The largest absolute Gasteiger partial charge is 0.382 e. The molecule has 0 radical (unpaired) electrons. The number of methoxy groups -OCH3 is 1. The molecule has 0 aromatic heterocycles. The lowest BCUT2D eigenvalue weighted by Gasteiger charge is -2.47. The fourth-order valence-electron chi connectivity index (χ4n) is 3.45. The van der Waals surface area contributed by atoms with E-state index in [9.17, 15) is 0 Å². The molecule has 34 heavy (non-hydrogen) atoms. The molecule has 0 N–H and O–H groups in total. The molecule has 1 aliphatic heterocycles. The number of likely N-dealkylation sites (N-methyl/N-ethyl adjacent to an activating group) is 2. The fourth-order valence-corrected chi connectivity index (χ4v) is 4.67. The summed E-state index contributed by atoms with van der Waals surface area (Å²) >= 11 is 1.81. The third kappa shape index (κ3) is 8.52. The molecule has 0 aliphatic carbocycles. The van der Waals surface area contributed by atoms with Crippen molar-refractivity contribution in [1.82, 2.24) is 14.7 Å². The van der Waals surface area contributed by atoms with Crippen LogP contribution in [-0.4, -0.2) is 87.7 Å². The molecular formula is C27H47N3O3S. The topological polar surface area (TPSA) is 37.4 Å². The molecule has 0 amide bonds. The fraction of sp³-hybridized carbons (Fsp3) is 0.630. The van der Waals surface area contributed by atoms with Gasteiger partial charge in [0.25, 0.3) is 0 Å². The molecular weight excluding hydrogens is 446 g/mol. The van der Waals surface area contributed by atoms with Gasteiger partial charge in [0, 0.05) is 62.2 Å². The summed E-state index contributed by atoms with van der Waals surface area (Å²) in [6.45, 7) is 19.0.